The fourth-order valence-electron chi connectivity index (χ4n) is 4.12. The normalized spacial score (nSPS) is 12.7. The van der Waals surface area contributed by atoms with E-state index >= 15 is 0 Å². The van der Waals surface area contributed by atoms with Crippen LogP contribution in [0.1, 0.15) is 27.2 Å². The summed E-state index contributed by atoms with van der Waals surface area (Å²) in [6.45, 7) is 0.753. The SMILES string of the molecule is N#Cc1nn(-c2cc(Cl)c(Oc3ccc4c(c3)CCN(Cc3cccc(F)c3)C4=O)c(Cl)c2)c(=O)[nH]c1=O. The molecule has 2 heterocycles. The molecule has 5 rings (SSSR count). The van der Waals surface area contributed by atoms with Gasteiger partial charge in [0.25, 0.3) is 11.5 Å². The minimum Gasteiger partial charge on any atom is -0.454 e. The Morgan fingerprint density at radius 1 is 1.08 bits per heavy atom. The molecule has 0 saturated carbocycles. The number of H-pyrrole nitrogens is 1. The average Bonchev–Trinajstić information content (AvgIpc) is 2.88. The van der Waals surface area contributed by atoms with Gasteiger partial charge in [0.1, 0.15) is 17.6 Å². The summed E-state index contributed by atoms with van der Waals surface area (Å²) in [6.07, 6.45) is 0.565. The van der Waals surface area contributed by atoms with Gasteiger partial charge in [-0.3, -0.25) is 14.6 Å². The number of nitrogens with one attached hydrogen (secondary N) is 1. The van der Waals surface area contributed by atoms with E-state index in [-0.39, 0.29) is 33.2 Å². The molecule has 9 nitrogen and oxygen atoms in total. The molecule has 3 aromatic carbocycles. The molecule has 1 aliphatic rings. The minimum atomic E-state index is -0.908. The number of ether oxygens (including phenoxy) is 1. The van der Waals surface area contributed by atoms with E-state index in [1.807, 2.05) is 4.98 Å². The molecule has 4 aromatic rings. The van der Waals surface area contributed by atoms with Crippen LogP contribution in [0.2, 0.25) is 10.0 Å². The summed E-state index contributed by atoms with van der Waals surface area (Å²) in [4.78, 5) is 40.5. The predicted molar refractivity (Wildman–Crippen MR) is 137 cm³/mol. The maximum atomic E-state index is 13.5. The number of aromatic amines is 1. The number of benzene rings is 3. The van der Waals surface area contributed by atoms with E-state index in [0.29, 0.717) is 36.4 Å². The Labute approximate surface area is 224 Å². The summed E-state index contributed by atoms with van der Waals surface area (Å²) < 4.78 is 20.2. The highest BCUT2D eigenvalue weighted by molar-refractivity contribution is 6.37. The maximum absolute atomic E-state index is 13.5. The van der Waals surface area contributed by atoms with Crippen molar-refractivity contribution in [2.24, 2.45) is 0 Å². The molecule has 0 unspecified atom stereocenters. The first-order valence-electron chi connectivity index (χ1n) is 11.2. The van der Waals surface area contributed by atoms with E-state index in [4.69, 9.17) is 33.2 Å². The Bertz CT molecular complexity index is 1740. The first kappa shape index (κ1) is 25.2. The van der Waals surface area contributed by atoms with Crippen LogP contribution in [-0.2, 0) is 13.0 Å². The van der Waals surface area contributed by atoms with Crippen LogP contribution in [0.5, 0.6) is 11.5 Å². The first-order chi connectivity index (χ1) is 18.2. The lowest BCUT2D eigenvalue weighted by Crippen LogP contribution is -2.37. The van der Waals surface area contributed by atoms with Crippen molar-refractivity contribution < 1.29 is 13.9 Å². The number of carbonyl (C=O) groups excluding carboxylic acids is 1. The van der Waals surface area contributed by atoms with E-state index < -0.39 is 16.9 Å². The number of fused-ring (bicyclic) bond motifs is 1. The fraction of sp³-hybridized carbons (Fsp3) is 0.115. The van der Waals surface area contributed by atoms with Gasteiger partial charge in [0.2, 0.25) is 5.69 Å². The summed E-state index contributed by atoms with van der Waals surface area (Å²) >= 11 is 12.8. The van der Waals surface area contributed by atoms with Crippen LogP contribution >= 0.6 is 23.2 Å². The standard InChI is InChI=1S/C26H16Cl2FN5O4/c27-20-10-17(34-26(37)31-24(35)22(12-30)32-34)11-21(28)23(20)38-18-4-5-19-15(9-18)6-7-33(25(19)36)13-14-2-1-3-16(29)8-14/h1-5,8-11H,6-7,13H2,(H,31,35,37). The van der Waals surface area contributed by atoms with E-state index in [0.717, 1.165) is 10.2 Å². The summed E-state index contributed by atoms with van der Waals surface area (Å²) in [6, 6.07) is 15.4. The molecule has 0 radical (unpaired) electrons. The van der Waals surface area contributed by atoms with Crippen LogP contribution in [0.25, 0.3) is 5.69 Å². The Morgan fingerprint density at radius 2 is 1.84 bits per heavy atom. The van der Waals surface area contributed by atoms with Gasteiger partial charge in [-0.2, -0.15) is 9.94 Å². The first-order valence-corrected chi connectivity index (χ1v) is 12.0. The monoisotopic (exact) mass is 551 g/mol. The highest BCUT2D eigenvalue weighted by Gasteiger charge is 2.25. The fourth-order valence-corrected chi connectivity index (χ4v) is 4.67. The molecule has 1 N–H and O–H groups in total. The van der Waals surface area contributed by atoms with Crippen molar-refractivity contribution in [1.82, 2.24) is 19.7 Å². The number of aromatic nitrogens is 3. The molecule has 1 aliphatic heterocycles. The third-order valence-electron chi connectivity index (χ3n) is 5.89. The minimum absolute atomic E-state index is 0.0426. The zero-order chi connectivity index (χ0) is 27.0. The van der Waals surface area contributed by atoms with Crippen molar-refractivity contribution in [1.29, 1.82) is 5.26 Å². The van der Waals surface area contributed by atoms with E-state index in [1.54, 1.807) is 41.3 Å². The quantitative estimate of drug-likeness (QED) is 0.396. The Morgan fingerprint density at radius 3 is 2.55 bits per heavy atom. The van der Waals surface area contributed by atoms with Crippen molar-refractivity contribution in [3.8, 4) is 23.3 Å². The summed E-state index contributed by atoms with van der Waals surface area (Å²) in [5.74, 6) is -0.0332. The summed E-state index contributed by atoms with van der Waals surface area (Å²) in [5, 5.41) is 12.9. The van der Waals surface area contributed by atoms with Crippen LogP contribution in [0, 0.1) is 17.1 Å². The van der Waals surface area contributed by atoms with Crippen LogP contribution in [0.4, 0.5) is 4.39 Å². The molecular formula is C26H16Cl2FN5O4. The van der Waals surface area contributed by atoms with Crippen molar-refractivity contribution in [3.05, 3.63) is 114 Å². The second-order valence-corrected chi connectivity index (χ2v) is 9.21. The van der Waals surface area contributed by atoms with Crippen molar-refractivity contribution >= 4 is 29.1 Å². The molecule has 1 aromatic heterocycles. The lowest BCUT2D eigenvalue weighted by molar-refractivity contribution is 0.0726. The largest absolute Gasteiger partial charge is 0.454 e. The molecule has 38 heavy (non-hydrogen) atoms. The average molecular weight is 552 g/mol. The number of halogens is 3. The Hall–Kier alpha value is -4.46. The molecule has 0 bridgehead atoms. The highest BCUT2D eigenvalue weighted by atomic mass is 35.5. The van der Waals surface area contributed by atoms with Gasteiger partial charge in [0.05, 0.1) is 15.7 Å². The summed E-state index contributed by atoms with van der Waals surface area (Å²) in [5.41, 5.74) is -0.175. The number of nitrogens with zero attached hydrogens (tertiary/aromatic N) is 4. The summed E-state index contributed by atoms with van der Waals surface area (Å²) in [7, 11) is 0. The molecule has 0 fully saturated rings. The maximum Gasteiger partial charge on any atom is 0.349 e. The van der Waals surface area contributed by atoms with Crippen LogP contribution in [0.15, 0.2) is 64.2 Å². The number of nitriles is 1. The van der Waals surface area contributed by atoms with Crippen molar-refractivity contribution in [2.45, 2.75) is 13.0 Å². The van der Waals surface area contributed by atoms with Crippen LogP contribution < -0.4 is 16.0 Å². The molecular weight excluding hydrogens is 536 g/mol. The van der Waals surface area contributed by atoms with E-state index in [2.05, 4.69) is 5.10 Å². The predicted octanol–water partition coefficient (Wildman–Crippen LogP) is 4.23. The second-order valence-electron chi connectivity index (χ2n) is 8.40. The zero-order valence-corrected chi connectivity index (χ0v) is 20.9. The van der Waals surface area contributed by atoms with Gasteiger partial charge >= 0.3 is 5.69 Å². The molecule has 1 amide bonds. The molecule has 190 valence electrons. The van der Waals surface area contributed by atoms with Crippen molar-refractivity contribution in [2.75, 3.05) is 6.54 Å². The van der Waals surface area contributed by atoms with Gasteiger partial charge in [-0.25, -0.2) is 9.18 Å². The number of amides is 1. The Kier molecular flexibility index (Phi) is 6.72. The highest BCUT2D eigenvalue weighted by Crippen LogP contribution is 2.39. The number of rotatable bonds is 5. The Balaban J connectivity index is 1.38. The second kappa shape index (κ2) is 10.1. The van der Waals surface area contributed by atoms with E-state index in [9.17, 15) is 18.8 Å². The van der Waals surface area contributed by atoms with Gasteiger partial charge in [0, 0.05) is 18.7 Å². The molecule has 0 saturated heterocycles. The lowest BCUT2D eigenvalue weighted by Gasteiger charge is -2.29. The number of hydrogen-bond donors (Lipinski definition) is 1. The third kappa shape index (κ3) is 4.89. The molecule has 12 heteroatoms. The topological polar surface area (TPSA) is 121 Å². The number of hydrogen-bond acceptors (Lipinski definition) is 6. The van der Waals surface area contributed by atoms with Gasteiger partial charge in [-0.15, -0.1) is 5.10 Å². The molecule has 0 aliphatic carbocycles. The van der Waals surface area contributed by atoms with E-state index in [1.165, 1.54) is 24.3 Å². The van der Waals surface area contributed by atoms with Gasteiger partial charge in [-0.05, 0) is 60.0 Å². The third-order valence-corrected chi connectivity index (χ3v) is 6.45. The lowest BCUT2D eigenvalue weighted by atomic mass is 9.98. The van der Waals surface area contributed by atoms with Gasteiger partial charge in [0.15, 0.2) is 5.75 Å². The van der Waals surface area contributed by atoms with Crippen LogP contribution in [-0.4, -0.2) is 32.1 Å². The zero-order valence-electron chi connectivity index (χ0n) is 19.4. The van der Waals surface area contributed by atoms with Crippen molar-refractivity contribution in [3.63, 3.8) is 0 Å². The van der Waals surface area contributed by atoms with Gasteiger partial charge < -0.3 is 9.64 Å². The number of carbonyl (C=O) groups is 1. The smallest absolute Gasteiger partial charge is 0.349 e. The molecule has 0 spiro atoms. The molecule has 0 atom stereocenters. The van der Waals surface area contributed by atoms with Crippen LogP contribution in [0.3, 0.4) is 0 Å². The van der Waals surface area contributed by atoms with Gasteiger partial charge in [-0.1, -0.05) is 35.3 Å².